The molecule has 8 nitrogen and oxygen atoms in total. The fourth-order valence-corrected chi connectivity index (χ4v) is 5.32. The first kappa shape index (κ1) is 17.0. The normalized spacial score (nSPS) is 18.1. The van der Waals surface area contributed by atoms with Crippen LogP contribution >= 0.6 is 0 Å². The van der Waals surface area contributed by atoms with Gasteiger partial charge < -0.3 is 9.26 Å². The number of sulfonamides is 1. The van der Waals surface area contributed by atoms with Crippen LogP contribution in [0.25, 0.3) is 0 Å². The lowest BCUT2D eigenvalue weighted by Crippen LogP contribution is -2.37. The number of rotatable bonds is 3. The van der Waals surface area contributed by atoms with Crippen molar-refractivity contribution in [1.82, 2.24) is 9.46 Å². The Labute approximate surface area is 151 Å². The SMILES string of the molecule is Cc1noc(C)c1S(=O)(=O)N1CCc2c(cccc2N2CCOC2=O)C1. The van der Waals surface area contributed by atoms with Crippen molar-refractivity contribution >= 4 is 21.8 Å². The van der Waals surface area contributed by atoms with Gasteiger partial charge in [-0.1, -0.05) is 17.3 Å². The lowest BCUT2D eigenvalue weighted by molar-refractivity contribution is 0.181. The molecule has 2 aliphatic heterocycles. The predicted molar refractivity (Wildman–Crippen MR) is 92.4 cm³/mol. The van der Waals surface area contributed by atoms with E-state index < -0.39 is 10.0 Å². The number of aromatic nitrogens is 1. The molecule has 9 heteroatoms. The van der Waals surface area contributed by atoms with Crippen LogP contribution in [0, 0.1) is 13.8 Å². The van der Waals surface area contributed by atoms with E-state index in [9.17, 15) is 13.2 Å². The molecule has 4 rings (SSSR count). The molecule has 0 spiro atoms. The maximum absolute atomic E-state index is 13.0. The van der Waals surface area contributed by atoms with Crippen molar-refractivity contribution in [2.45, 2.75) is 31.7 Å². The number of benzene rings is 1. The van der Waals surface area contributed by atoms with Gasteiger partial charge in [-0.25, -0.2) is 13.2 Å². The van der Waals surface area contributed by atoms with Crippen molar-refractivity contribution < 1.29 is 22.5 Å². The smallest absolute Gasteiger partial charge is 0.414 e. The van der Waals surface area contributed by atoms with Gasteiger partial charge in [0.25, 0.3) is 0 Å². The number of ether oxygens (including phenoxy) is 1. The van der Waals surface area contributed by atoms with E-state index in [2.05, 4.69) is 5.16 Å². The average Bonchev–Trinajstić information content (AvgIpc) is 3.19. The van der Waals surface area contributed by atoms with E-state index in [1.165, 1.54) is 4.31 Å². The molecule has 0 bridgehead atoms. The lowest BCUT2D eigenvalue weighted by Gasteiger charge is -2.30. The molecule has 2 aliphatic rings. The molecule has 1 aromatic carbocycles. The number of hydrogen-bond acceptors (Lipinski definition) is 6. The molecule has 3 heterocycles. The van der Waals surface area contributed by atoms with Crippen LogP contribution in [0.5, 0.6) is 0 Å². The van der Waals surface area contributed by atoms with Gasteiger partial charge in [-0.15, -0.1) is 0 Å². The Hall–Kier alpha value is -2.39. The molecule has 0 saturated carbocycles. The largest absolute Gasteiger partial charge is 0.447 e. The fourth-order valence-electron chi connectivity index (χ4n) is 3.61. The third-order valence-corrected chi connectivity index (χ3v) is 6.91. The Morgan fingerprint density at radius 3 is 2.65 bits per heavy atom. The summed E-state index contributed by atoms with van der Waals surface area (Å²) in [5.74, 6) is 0.293. The Balaban J connectivity index is 1.68. The molecule has 1 fully saturated rings. The molecule has 0 atom stereocenters. The first-order chi connectivity index (χ1) is 12.4. The quantitative estimate of drug-likeness (QED) is 0.812. The van der Waals surface area contributed by atoms with Gasteiger partial charge >= 0.3 is 6.09 Å². The number of carbonyl (C=O) groups excluding carboxylic acids is 1. The van der Waals surface area contributed by atoms with E-state index in [0.717, 1.165) is 16.8 Å². The van der Waals surface area contributed by atoms with Crippen LogP contribution in [0.2, 0.25) is 0 Å². The fraction of sp³-hybridized carbons (Fsp3) is 0.412. The van der Waals surface area contributed by atoms with E-state index in [0.29, 0.717) is 37.6 Å². The Kier molecular flexibility index (Phi) is 4.00. The van der Waals surface area contributed by atoms with Gasteiger partial charge in [0.15, 0.2) is 5.76 Å². The molecule has 0 aliphatic carbocycles. The zero-order chi connectivity index (χ0) is 18.5. The Morgan fingerprint density at radius 1 is 1.19 bits per heavy atom. The van der Waals surface area contributed by atoms with Gasteiger partial charge in [-0.2, -0.15) is 4.31 Å². The van der Waals surface area contributed by atoms with Gasteiger partial charge in [0.05, 0.1) is 12.2 Å². The highest BCUT2D eigenvalue weighted by Crippen LogP contribution is 2.33. The van der Waals surface area contributed by atoms with Crippen molar-refractivity contribution in [2.24, 2.45) is 0 Å². The number of aryl methyl sites for hydroxylation is 2. The van der Waals surface area contributed by atoms with Gasteiger partial charge in [-0.05, 0) is 37.5 Å². The standard InChI is InChI=1S/C17H19N3O5S/c1-11-16(12(2)25-18-11)26(22,23)19-7-6-14-13(10-19)4-3-5-15(14)20-8-9-24-17(20)21/h3-5H,6-10H2,1-2H3. The van der Waals surface area contributed by atoms with Crippen LogP contribution in [0.1, 0.15) is 22.6 Å². The molecule has 26 heavy (non-hydrogen) atoms. The minimum Gasteiger partial charge on any atom is -0.447 e. The van der Waals surface area contributed by atoms with Crippen LogP contribution < -0.4 is 4.90 Å². The number of amides is 1. The number of nitrogens with zero attached hydrogens (tertiary/aromatic N) is 3. The highest BCUT2D eigenvalue weighted by atomic mass is 32.2. The first-order valence-corrected chi connectivity index (χ1v) is 9.81. The maximum atomic E-state index is 13.0. The molecular formula is C17H19N3O5S. The highest BCUT2D eigenvalue weighted by molar-refractivity contribution is 7.89. The summed E-state index contributed by atoms with van der Waals surface area (Å²) in [4.78, 5) is 13.6. The van der Waals surface area contributed by atoms with E-state index in [4.69, 9.17) is 9.26 Å². The zero-order valence-electron chi connectivity index (χ0n) is 14.6. The zero-order valence-corrected chi connectivity index (χ0v) is 15.4. The van der Waals surface area contributed by atoms with Gasteiger partial charge in [0.2, 0.25) is 10.0 Å². The summed E-state index contributed by atoms with van der Waals surface area (Å²) in [6, 6.07) is 5.62. The Morgan fingerprint density at radius 2 is 2.00 bits per heavy atom. The van der Waals surface area contributed by atoms with Gasteiger partial charge in [0, 0.05) is 13.1 Å². The maximum Gasteiger partial charge on any atom is 0.414 e. The Bertz CT molecular complexity index is 963. The molecule has 0 radical (unpaired) electrons. The number of anilines is 1. The second-order valence-electron chi connectivity index (χ2n) is 6.42. The molecule has 0 N–H and O–H groups in total. The van der Waals surface area contributed by atoms with Crippen molar-refractivity contribution in [3.8, 4) is 0 Å². The van der Waals surface area contributed by atoms with E-state index in [-0.39, 0.29) is 17.5 Å². The number of hydrogen-bond donors (Lipinski definition) is 0. The van der Waals surface area contributed by atoms with Crippen LogP contribution in [0.3, 0.4) is 0 Å². The first-order valence-electron chi connectivity index (χ1n) is 8.37. The third-order valence-electron chi connectivity index (χ3n) is 4.82. The summed E-state index contributed by atoms with van der Waals surface area (Å²) in [6.45, 7) is 4.68. The molecule has 1 saturated heterocycles. The predicted octanol–water partition coefficient (Wildman–Crippen LogP) is 2.00. The highest BCUT2D eigenvalue weighted by Gasteiger charge is 2.35. The molecular weight excluding hydrogens is 358 g/mol. The van der Waals surface area contributed by atoms with Crippen LogP contribution in [-0.2, 0) is 27.7 Å². The summed E-state index contributed by atoms with van der Waals surface area (Å²) in [5.41, 5.74) is 3.06. The van der Waals surface area contributed by atoms with Crippen molar-refractivity contribution in [3.63, 3.8) is 0 Å². The summed E-state index contributed by atoms with van der Waals surface area (Å²) < 4.78 is 37.6. The summed E-state index contributed by atoms with van der Waals surface area (Å²) in [6.07, 6.45) is 0.168. The van der Waals surface area contributed by atoms with Crippen molar-refractivity contribution in [1.29, 1.82) is 0 Å². The van der Waals surface area contributed by atoms with Crippen LogP contribution in [0.15, 0.2) is 27.6 Å². The minimum absolute atomic E-state index is 0.139. The monoisotopic (exact) mass is 377 g/mol. The van der Waals surface area contributed by atoms with E-state index >= 15 is 0 Å². The minimum atomic E-state index is -3.69. The third kappa shape index (κ3) is 2.58. The average molecular weight is 377 g/mol. The number of fused-ring (bicyclic) bond motifs is 1. The van der Waals surface area contributed by atoms with E-state index in [1.807, 2.05) is 18.2 Å². The summed E-state index contributed by atoms with van der Waals surface area (Å²) in [7, 11) is -3.69. The second kappa shape index (κ2) is 6.10. The number of cyclic esters (lactones) is 1. The molecule has 0 unspecified atom stereocenters. The number of carbonyl (C=O) groups is 1. The van der Waals surface area contributed by atoms with Gasteiger partial charge in [-0.3, -0.25) is 4.90 Å². The van der Waals surface area contributed by atoms with Crippen molar-refractivity contribution in [2.75, 3.05) is 24.6 Å². The van der Waals surface area contributed by atoms with Crippen LogP contribution in [-0.4, -0.2) is 43.7 Å². The lowest BCUT2D eigenvalue weighted by atomic mass is 9.98. The van der Waals surface area contributed by atoms with E-state index in [1.54, 1.807) is 18.7 Å². The van der Waals surface area contributed by atoms with Gasteiger partial charge in [0.1, 0.15) is 17.2 Å². The molecule has 138 valence electrons. The molecule has 1 amide bonds. The summed E-state index contributed by atoms with van der Waals surface area (Å²) >= 11 is 0. The summed E-state index contributed by atoms with van der Waals surface area (Å²) in [5, 5.41) is 3.76. The van der Waals surface area contributed by atoms with Crippen molar-refractivity contribution in [3.05, 3.63) is 40.8 Å². The van der Waals surface area contributed by atoms with Crippen LogP contribution in [0.4, 0.5) is 10.5 Å². The topological polar surface area (TPSA) is 93.0 Å². The molecule has 2 aromatic rings. The molecule has 1 aromatic heterocycles. The second-order valence-corrected chi connectivity index (χ2v) is 8.30.